The van der Waals surface area contributed by atoms with E-state index in [0.717, 1.165) is 23.4 Å². The lowest BCUT2D eigenvalue weighted by Crippen LogP contribution is -2.30. The second-order valence-electron chi connectivity index (χ2n) is 4.66. The molecule has 19 heavy (non-hydrogen) atoms. The summed E-state index contributed by atoms with van der Waals surface area (Å²) in [6, 6.07) is 20.5. The summed E-state index contributed by atoms with van der Waals surface area (Å²) < 4.78 is 7.80. The molecule has 0 aliphatic carbocycles. The van der Waals surface area contributed by atoms with E-state index in [4.69, 9.17) is 4.52 Å². The summed E-state index contributed by atoms with van der Waals surface area (Å²) in [5.74, 6) is 0.941. The van der Waals surface area contributed by atoms with Crippen LogP contribution in [0, 0.1) is 6.92 Å². The van der Waals surface area contributed by atoms with Gasteiger partial charge < -0.3 is 0 Å². The van der Waals surface area contributed by atoms with Gasteiger partial charge in [-0.15, -0.1) is 0 Å². The molecule has 0 spiro atoms. The summed E-state index contributed by atoms with van der Waals surface area (Å²) in [5, 5.41) is 0. The number of hydrogen-bond donors (Lipinski definition) is 0. The normalized spacial score (nSPS) is 10.6. The van der Waals surface area contributed by atoms with Gasteiger partial charge in [0.15, 0.2) is 0 Å². The maximum absolute atomic E-state index is 5.92. The van der Waals surface area contributed by atoms with Gasteiger partial charge in [0.25, 0.3) is 0 Å². The molecule has 0 aliphatic heterocycles. The predicted molar refractivity (Wildman–Crippen MR) is 74.6 cm³/mol. The summed E-state index contributed by atoms with van der Waals surface area (Å²) in [7, 11) is 0. The minimum Gasteiger partial charge on any atom is -0.236 e. The van der Waals surface area contributed by atoms with Crippen molar-refractivity contribution in [3.05, 3.63) is 78.0 Å². The molecular weight excluding hydrogens is 234 g/mol. The van der Waals surface area contributed by atoms with Crippen molar-refractivity contribution in [1.82, 2.24) is 0 Å². The summed E-state index contributed by atoms with van der Waals surface area (Å²) in [5.41, 5.74) is 3.51. The van der Waals surface area contributed by atoms with Crippen LogP contribution in [-0.2, 0) is 6.54 Å². The standard InChI is InChI=1S/C17H16NO/c1-14-12-18(13-15-8-4-2-5-9-15)19-17(14)16-10-6-3-7-11-16/h2-12H,13H2,1H3/q+1. The summed E-state index contributed by atoms with van der Waals surface area (Å²) >= 11 is 0. The van der Waals surface area contributed by atoms with Crippen molar-refractivity contribution in [3.8, 4) is 11.3 Å². The fraction of sp³-hybridized carbons (Fsp3) is 0.118. The highest BCUT2D eigenvalue weighted by Gasteiger charge is 2.16. The zero-order valence-electron chi connectivity index (χ0n) is 10.9. The number of aryl methyl sites for hydroxylation is 1. The fourth-order valence-corrected chi connectivity index (χ4v) is 2.20. The van der Waals surface area contributed by atoms with Crippen molar-refractivity contribution in [2.45, 2.75) is 13.5 Å². The molecule has 0 radical (unpaired) electrons. The molecule has 1 heterocycles. The van der Waals surface area contributed by atoms with E-state index in [1.807, 2.05) is 41.1 Å². The number of nitrogens with zero attached hydrogens (tertiary/aromatic N) is 1. The first-order valence-corrected chi connectivity index (χ1v) is 6.42. The van der Waals surface area contributed by atoms with Crippen molar-refractivity contribution in [2.24, 2.45) is 0 Å². The van der Waals surface area contributed by atoms with Gasteiger partial charge in [-0.3, -0.25) is 0 Å². The first kappa shape index (κ1) is 11.7. The van der Waals surface area contributed by atoms with E-state index in [1.165, 1.54) is 5.56 Å². The maximum Gasteiger partial charge on any atom is 0.223 e. The van der Waals surface area contributed by atoms with Gasteiger partial charge in [-0.05, 0) is 11.7 Å². The van der Waals surface area contributed by atoms with E-state index in [2.05, 4.69) is 37.4 Å². The second-order valence-corrected chi connectivity index (χ2v) is 4.66. The Morgan fingerprint density at radius 3 is 2.21 bits per heavy atom. The van der Waals surface area contributed by atoms with E-state index >= 15 is 0 Å². The second kappa shape index (κ2) is 5.11. The van der Waals surface area contributed by atoms with E-state index in [-0.39, 0.29) is 0 Å². The summed E-state index contributed by atoms with van der Waals surface area (Å²) in [4.78, 5) is 0. The maximum atomic E-state index is 5.92. The zero-order chi connectivity index (χ0) is 13.1. The number of hydrogen-bond acceptors (Lipinski definition) is 1. The van der Waals surface area contributed by atoms with Gasteiger partial charge in [-0.2, -0.15) is 0 Å². The molecule has 0 bridgehead atoms. The van der Waals surface area contributed by atoms with Crippen molar-refractivity contribution >= 4 is 0 Å². The number of aromatic nitrogens is 1. The molecule has 0 saturated carbocycles. The highest BCUT2D eigenvalue weighted by molar-refractivity contribution is 5.59. The van der Waals surface area contributed by atoms with E-state index in [1.54, 1.807) is 0 Å². The van der Waals surface area contributed by atoms with Crippen LogP contribution in [0.1, 0.15) is 11.1 Å². The lowest BCUT2D eigenvalue weighted by atomic mass is 10.1. The first-order valence-electron chi connectivity index (χ1n) is 6.42. The first-order chi connectivity index (χ1) is 9.33. The molecule has 2 nitrogen and oxygen atoms in total. The third-order valence-corrected chi connectivity index (χ3v) is 3.12. The molecule has 3 rings (SSSR count). The quantitative estimate of drug-likeness (QED) is 0.649. The molecule has 0 aliphatic rings. The fourth-order valence-electron chi connectivity index (χ4n) is 2.20. The van der Waals surface area contributed by atoms with Crippen LogP contribution in [0.4, 0.5) is 0 Å². The van der Waals surface area contributed by atoms with Gasteiger partial charge in [0, 0.05) is 11.1 Å². The molecule has 0 fully saturated rings. The average Bonchev–Trinajstić information content (AvgIpc) is 2.82. The van der Waals surface area contributed by atoms with Crippen LogP contribution in [0.2, 0.25) is 0 Å². The molecular formula is C17H16NO+. The molecule has 0 amide bonds. The van der Waals surface area contributed by atoms with E-state index in [9.17, 15) is 0 Å². The molecule has 1 aromatic heterocycles. The van der Waals surface area contributed by atoms with Gasteiger partial charge in [0.2, 0.25) is 18.5 Å². The minimum atomic E-state index is 0.758. The summed E-state index contributed by atoms with van der Waals surface area (Å²) in [6.07, 6.45) is 2.05. The van der Waals surface area contributed by atoms with Crippen LogP contribution >= 0.6 is 0 Å². The van der Waals surface area contributed by atoms with Crippen molar-refractivity contribution in [2.75, 3.05) is 0 Å². The molecule has 94 valence electrons. The molecule has 2 aromatic carbocycles. The van der Waals surface area contributed by atoms with Crippen LogP contribution in [0.5, 0.6) is 0 Å². The lowest BCUT2D eigenvalue weighted by Gasteiger charge is -1.94. The topological polar surface area (TPSA) is 17.0 Å². The Labute approximate surface area is 112 Å². The lowest BCUT2D eigenvalue weighted by molar-refractivity contribution is -0.856. The van der Waals surface area contributed by atoms with Crippen molar-refractivity contribution in [3.63, 3.8) is 0 Å². The van der Waals surface area contributed by atoms with Crippen LogP contribution < -0.4 is 4.74 Å². The minimum absolute atomic E-state index is 0.758. The third-order valence-electron chi connectivity index (χ3n) is 3.12. The molecule has 3 aromatic rings. The Bertz CT molecular complexity index is 656. The van der Waals surface area contributed by atoms with E-state index in [0.29, 0.717) is 0 Å². The van der Waals surface area contributed by atoms with Gasteiger partial charge >= 0.3 is 0 Å². The molecule has 0 saturated heterocycles. The Hall–Kier alpha value is -2.35. The van der Waals surface area contributed by atoms with Crippen LogP contribution in [0.15, 0.2) is 71.4 Å². The monoisotopic (exact) mass is 250 g/mol. The Morgan fingerprint density at radius 1 is 0.895 bits per heavy atom. The number of benzene rings is 2. The van der Waals surface area contributed by atoms with Gasteiger partial charge in [0.05, 0.1) is 5.56 Å². The largest absolute Gasteiger partial charge is 0.236 e. The number of rotatable bonds is 3. The molecule has 2 heteroatoms. The smallest absolute Gasteiger partial charge is 0.223 e. The van der Waals surface area contributed by atoms with Crippen molar-refractivity contribution < 1.29 is 9.26 Å². The average molecular weight is 250 g/mol. The van der Waals surface area contributed by atoms with Crippen molar-refractivity contribution in [1.29, 1.82) is 0 Å². The van der Waals surface area contributed by atoms with Gasteiger partial charge in [0.1, 0.15) is 0 Å². The Kier molecular flexibility index (Phi) is 3.15. The third kappa shape index (κ3) is 2.58. The molecule has 0 atom stereocenters. The van der Waals surface area contributed by atoms with Crippen LogP contribution in [0.3, 0.4) is 0 Å². The van der Waals surface area contributed by atoms with Crippen LogP contribution in [-0.4, -0.2) is 0 Å². The highest BCUT2D eigenvalue weighted by atomic mass is 16.5. The summed E-state index contributed by atoms with van der Waals surface area (Å²) in [6.45, 7) is 2.84. The molecule has 0 unspecified atom stereocenters. The Morgan fingerprint density at radius 2 is 1.53 bits per heavy atom. The SMILES string of the molecule is Cc1c[n+](Cc2ccccc2)oc1-c1ccccc1. The molecule has 0 N–H and O–H groups in total. The van der Waals surface area contributed by atoms with Gasteiger partial charge in [-0.25, -0.2) is 4.52 Å². The zero-order valence-corrected chi connectivity index (χ0v) is 10.9. The van der Waals surface area contributed by atoms with Crippen LogP contribution in [0.25, 0.3) is 11.3 Å². The Balaban J connectivity index is 1.90. The predicted octanol–water partition coefficient (Wildman–Crippen LogP) is 3.59. The highest BCUT2D eigenvalue weighted by Crippen LogP contribution is 2.21. The van der Waals surface area contributed by atoms with Gasteiger partial charge in [-0.1, -0.05) is 60.7 Å². The van der Waals surface area contributed by atoms with E-state index < -0.39 is 0 Å².